The van der Waals surface area contributed by atoms with E-state index in [2.05, 4.69) is 21.2 Å². The van der Waals surface area contributed by atoms with Gasteiger partial charge in [-0.05, 0) is 46.5 Å². The number of hydrogen-bond acceptors (Lipinski definition) is 2. The van der Waals surface area contributed by atoms with Crippen LogP contribution >= 0.6 is 15.9 Å². The molecule has 1 N–H and O–H groups in total. The van der Waals surface area contributed by atoms with Crippen LogP contribution in [0.15, 0.2) is 0 Å². The number of alkyl halides is 1. The second-order valence-electron chi connectivity index (χ2n) is 6.13. The predicted octanol–water partition coefficient (Wildman–Crippen LogP) is 2.11. The smallest absolute Gasteiger partial charge is 0.230 e. The van der Waals surface area contributed by atoms with Crippen molar-refractivity contribution in [3.8, 4) is 0 Å². The topological polar surface area (TPSA) is 52.2 Å². The maximum absolute atomic E-state index is 12.1. The van der Waals surface area contributed by atoms with Gasteiger partial charge in [0.2, 0.25) is 5.91 Å². The summed E-state index contributed by atoms with van der Waals surface area (Å²) < 4.78 is 0. The maximum Gasteiger partial charge on any atom is 0.230 e. The Morgan fingerprint density at radius 2 is 1.76 bits per heavy atom. The summed E-state index contributed by atoms with van der Waals surface area (Å²) in [6, 6.07) is 0. The number of nitrogens with zero attached hydrogens (tertiary/aromatic N) is 1. The number of amides is 1. The second-order valence-corrected chi connectivity index (χ2v) is 6.69. The SMILES string of the molecule is CC1(C)CC(CNC(=O)CBr)CC(C)(C)N1[O]. The summed E-state index contributed by atoms with van der Waals surface area (Å²) in [5, 5.41) is 16.6. The van der Waals surface area contributed by atoms with Crippen molar-refractivity contribution in [3.63, 3.8) is 0 Å². The Balaban J connectivity index is 2.62. The average Bonchev–Trinajstić information content (AvgIpc) is 2.21. The number of hydroxylamine groups is 2. The zero-order chi connectivity index (χ0) is 13.3. The van der Waals surface area contributed by atoms with E-state index >= 15 is 0 Å². The van der Waals surface area contributed by atoms with E-state index in [9.17, 15) is 10.0 Å². The Hall–Kier alpha value is -0.130. The molecule has 1 saturated heterocycles. The summed E-state index contributed by atoms with van der Waals surface area (Å²) in [5.41, 5.74) is -0.711. The van der Waals surface area contributed by atoms with Gasteiger partial charge < -0.3 is 5.32 Å². The molecule has 0 aliphatic carbocycles. The van der Waals surface area contributed by atoms with Gasteiger partial charge in [0.15, 0.2) is 0 Å². The van der Waals surface area contributed by atoms with Crippen LogP contribution in [0.25, 0.3) is 0 Å². The van der Waals surface area contributed by atoms with Crippen LogP contribution in [0.3, 0.4) is 0 Å². The molecular weight excluding hydrogens is 284 g/mol. The average molecular weight is 306 g/mol. The summed E-state index contributed by atoms with van der Waals surface area (Å²) in [6.07, 6.45) is 1.64. The molecule has 5 heteroatoms. The molecule has 0 atom stereocenters. The van der Waals surface area contributed by atoms with Crippen molar-refractivity contribution in [1.29, 1.82) is 0 Å². The van der Waals surface area contributed by atoms with E-state index in [-0.39, 0.29) is 17.0 Å². The van der Waals surface area contributed by atoms with Gasteiger partial charge in [0, 0.05) is 17.6 Å². The van der Waals surface area contributed by atoms with Crippen molar-refractivity contribution in [2.75, 3.05) is 11.9 Å². The molecule has 4 nitrogen and oxygen atoms in total. The van der Waals surface area contributed by atoms with Gasteiger partial charge in [0.05, 0.1) is 5.33 Å². The third-order valence-corrected chi connectivity index (χ3v) is 3.89. The van der Waals surface area contributed by atoms with Gasteiger partial charge in [0.1, 0.15) is 0 Å². The fourth-order valence-corrected chi connectivity index (χ4v) is 3.12. The molecule has 1 aliphatic rings. The van der Waals surface area contributed by atoms with Crippen LogP contribution in [-0.2, 0) is 10.0 Å². The highest BCUT2D eigenvalue weighted by molar-refractivity contribution is 9.09. The quantitative estimate of drug-likeness (QED) is 0.812. The molecule has 1 radical (unpaired) electrons. The maximum atomic E-state index is 12.1. The molecule has 0 saturated carbocycles. The standard InChI is InChI=1S/C12H22BrN2O2/c1-11(2)5-9(8-14-10(16)7-13)6-12(3,4)15(11)17/h9H,5-8H2,1-4H3,(H,14,16). The van der Waals surface area contributed by atoms with Gasteiger partial charge in [-0.3, -0.25) is 4.79 Å². The van der Waals surface area contributed by atoms with Gasteiger partial charge in [-0.2, -0.15) is 0 Å². The zero-order valence-electron chi connectivity index (χ0n) is 11.0. The summed E-state index contributed by atoms with van der Waals surface area (Å²) in [7, 11) is 0. The van der Waals surface area contributed by atoms with Gasteiger partial charge in [-0.25, -0.2) is 0 Å². The Morgan fingerprint density at radius 3 is 2.18 bits per heavy atom. The summed E-state index contributed by atoms with van der Waals surface area (Å²) in [6.45, 7) is 8.55. The molecule has 1 amide bonds. The Bertz CT molecular complexity index is 274. The number of piperidine rings is 1. The van der Waals surface area contributed by atoms with E-state index in [1.807, 2.05) is 27.7 Å². The first kappa shape index (κ1) is 14.9. The Morgan fingerprint density at radius 1 is 1.29 bits per heavy atom. The first-order valence-corrected chi connectivity index (χ1v) is 7.11. The van der Waals surface area contributed by atoms with Crippen molar-refractivity contribution in [2.45, 2.75) is 51.6 Å². The monoisotopic (exact) mass is 305 g/mol. The normalized spacial score (nSPS) is 24.6. The lowest BCUT2D eigenvalue weighted by Gasteiger charge is -2.50. The van der Waals surface area contributed by atoms with Gasteiger partial charge in [-0.1, -0.05) is 15.9 Å². The van der Waals surface area contributed by atoms with Crippen molar-refractivity contribution >= 4 is 21.8 Å². The Kier molecular flexibility index (Phi) is 4.60. The predicted molar refractivity (Wildman–Crippen MR) is 70.2 cm³/mol. The van der Waals surface area contributed by atoms with Crippen LogP contribution in [0.4, 0.5) is 0 Å². The zero-order valence-corrected chi connectivity index (χ0v) is 12.6. The third kappa shape index (κ3) is 3.66. The van der Waals surface area contributed by atoms with E-state index in [0.29, 0.717) is 17.8 Å². The molecule has 0 bridgehead atoms. The van der Waals surface area contributed by atoms with Gasteiger partial charge in [0.25, 0.3) is 0 Å². The molecule has 1 fully saturated rings. The molecule has 1 aliphatic heterocycles. The minimum atomic E-state index is -0.356. The largest absolute Gasteiger partial charge is 0.355 e. The van der Waals surface area contributed by atoms with E-state index in [1.165, 1.54) is 5.06 Å². The molecule has 0 spiro atoms. The van der Waals surface area contributed by atoms with Crippen LogP contribution in [0.5, 0.6) is 0 Å². The van der Waals surface area contributed by atoms with Gasteiger partial charge >= 0.3 is 0 Å². The molecule has 0 aromatic heterocycles. The first-order chi connectivity index (χ1) is 7.69. The molecule has 0 unspecified atom stereocenters. The number of hydrogen-bond donors (Lipinski definition) is 1. The molecule has 1 rings (SSSR count). The minimum Gasteiger partial charge on any atom is -0.355 e. The molecule has 99 valence electrons. The lowest BCUT2D eigenvalue weighted by molar-refractivity contribution is -0.293. The summed E-state index contributed by atoms with van der Waals surface area (Å²) >= 11 is 3.12. The third-order valence-electron chi connectivity index (χ3n) is 3.39. The molecule has 17 heavy (non-hydrogen) atoms. The highest BCUT2D eigenvalue weighted by Gasteiger charge is 2.45. The van der Waals surface area contributed by atoms with Crippen LogP contribution < -0.4 is 5.32 Å². The molecule has 0 aromatic carbocycles. The molecule has 1 heterocycles. The van der Waals surface area contributed by atoms with Crippen molar-refractivity contribution in [3.05, 3.63) is 0 Å². The molecule has 0 aromatic rings. The van der Waals surface area contributed by atoms with Crippen molar-refractivity contribution in [2.24, 2.45) is 5.92 Å². The van der Waals surface area contributed by atoms with Crippen LogP contribution in [0, 0.1) is 5.92 Å². The van der Waals surface area contributed by atoms with E-state index in [1.54, 1.807) is 0 Å². The minimum absolute atomic E-state index is 0.00478. The van der Waals surface area contributed by atoms with Crippen molar-refractivity contribution < 1.29 is 10.0 Å². The molecular formula is C12H22BrN2O2. The van der Waals surface area contributed by atoms with E-state index < -0.39 is 0 Å². The second kappa shape index (κ2) is 5.24. The fourth-order valence-electron chi connectivity index (χ4n) is 2.92. The van der Waals surface area contributed by atoms with Crippen LogP contribution in [-0.4, -0.2) is 33.9 Å². The van der Waals surface area contributed by atoms with E-state index in [0.717, 1.165) is 12.8 Å². The number of carbonyl (C=O) groups excluding carboxylic acids is 1. The number of nitrogens with one attached hydrogen (secondary N) is 1. The van der Waals surface area contributed by atoms with Gasteiger partial charge in [-0.15, -0.1) is 10.3 Å². The summed E-state index contributed by atoms with van der Waals surface area (Å²) in [5.74, 6) is 0.373. The lowest BCUT2D eigenvalue weighted by Crippen LogP contribution is -2.59. The fraction of sp³-hybridized carbons (Fsp3) is 0.917. The number of rotatable bonds is 3. The summed E-state index contributed by atoms with van der Waals surface area (Å²) in [4.78, 5) is 11.2. The number of carbonyl (C=O) groups is 1. The van der Waals surface area contributed by atoms with Crippen LogP contribution in [0.1, 0.15) is 40.5 Å². The van der Waals surface area contributed by atoms with Crippen molar-refractivity contribution in [1.82, 2.24) is 10.4 Å². The highest BCUT2D eigenvalue weighted by Crippen LogP contribution is 2.39. The van der Waals surface area contributed by atoms with Crippen LogP contribution in [0.2, 0.25) is 0 Å². The lowest BCUT2D eigenvalue weighted by atomic mass is 9.75. The Labute approximate surface area is 112 Å². The number of halogens is 1. The first-order valence-electron chi connectivity index (χ1n) is 5.99. The van der Waals surface area contributed by atoms with E-state index in [4.69, 9.17) is 0 Å². The highest BCUT2D eigenvalue weighted by atomic mass is 79.9.